The van der Waals surface area contributed by atoms with Gasteiger partial charge in [0.25, 0.3) is 0 Å². The van der Waals surface area contributed by atoms with E-state index in [0.717, 1.165) is 38.8 Å². The van der Waals surface area contributed by atoms with Gasteiger partial charge in [-0.15, -0.1) is 0 Å². The molecular weight excluding hydrogens is 255 g/mol. The third kappa shape index (κ3) is 3.86. The topological polar surface area (TPSA) is 20.3 Å². The Labute approximate surface area is 112 Å². The molecule has 2 rings (SSSR count). The number of carbonyl (C=O) groups is 1. The van der Waals surface area contributed by atoms with Crippen LogP contribution in [-0.2, 0) is 4.79 Å². The van der Waals surface area contributed by atoms with Gasteiger partial charge in [0, 0.05) is 19.0 Å². The van der Waals surface area contributed by atoms with E-state index in [1.165, 1.54) is 0 Å². The molecule has 0 spiro atoms. The Kier molecular flexibility index (Phi) is 4.74. The second kappa shape index (κ2) is 6.14. The molecule has 1 amide bonds. The summed E-state index contributed by atoms with van der Waals surface area (Å²) in [6, 6.07) is 0. The third-order valence-corrected chi connectivity index (χ3v) is 4.40. The number of carbonyl (C=O) groups excluding carboxylic acids is 1. The van der Waals surface area contributed by atoms with Gasteiger partial charge in [-0.3, -0.25) is 4.79 Å². The minimum Gasteiger partial charge on any atom is -0.342 e. The maximum absolute atomic E-state index is 12.8. The number of hydrogen-bond acceptors (Lipinski definition) is 1. The molecule has 1 aliphatic heterocycles. The minimum atomic E-state index is -4.14. The van der Waals surface area contributed by atoms with Gasteiger partial charge in [-0.2, -0.15) is 13.2 Å². The summed E-state index contributed by atoms with van der Waals surface area (Å²) >= 11 is 0. The van der Waals surface area contributed by atoms with Crippen molar-refractivity contribution in [2.75, 3.05) is 13.1 Å². The zero-order chi connectivity index (χ0) is 13.9. The van der Waals surface area contributed by atoms with Gasteiger partial charge in [-0.25, -0.2) is 0 Å². The monoisotopic (exact) mass is 277 g/mol. The standard InChI is InChI=1S/C14H22F3NO/c15-14(16,17)12-7-5-6-11(10-12)13(19)18-8-3-1-2-4-9-18/h11-12H,1-10H2. The molecule has 0 aromatic heterocycles. The molecule has 1 saturated carbocycles. The number of alkyl halides is 3. The molecule has 1 saturated heterocycles. The Morgan fingerprint density at radius 1 is 0.947 bits per heavy atom. The molecule has 0 bridgehead atoms. The summed E-state index contributed by atoms with van der Waals surface area (Å²) in [4.78, 5) is 14.1. The number of rotatable bonds is 1. The average molecular weight is 277 g/mol. The summed E-state index contributed by atoms with van der Waals surface area (Å²) in [6.45, 7) is 1.46. The van der Waals surface area contributed by atoms with Crippen molar-refractivity contribution in [2.45, 2.75) is 57.5 Å². The molecule has 0 N–H and O–H groups in total. The number of nitrogens with zero attached hydrogens (tertiary/aromatic N) is 1. The van der Waals surface area contributed by atoms with Crippen molar-refractivity contribution in [2.24, 2.45) is 11.8 Å². The fraction of sp³-hybridized carbons (Fsp3) is 0.929. The summed E-state index contributed by atoms with van der Waals surface area (Å²) in [5, 5.41) is 0. The van der Waals surface area contributed by atoms with Crippen molar-refractivity contribution in [3.63, 3.8) is 0 Å². The molecule has 2 fully saturated rings. The minimum absolute atomic E-state index is 0.00116. The van der Waals surface area contributed by atoms with Crippen LogP contribution in [0, 0.1) is 11.8 Å². The zero-order valence-corrected chi connectivity index (χ0v) is 11.2. The molecule has 2 aliphatic rings. The van der Waals surface area contributed by atoms with Gasteiger partial charge in [0.1, 0.15) is 0 Å². The lowest BCUT2D eigenvalue weighted by molar-refractivity contribution is -0.187. The van der Waals surface area contributed by atoms with E-state index in [9.17, 15) is 18.0 Å². The van der Waals surface area contributed by atoms with Crippen molar-refractivity contribution in [1.82, 2.24) is 4.90 Å². The molecule has 5 heteroatoms. The summed E-state index contributed by atoms with van der Waals surface area (Å²) in [6.07, 6.45) is 1.42. The molecule has 2 atom stereocenters. The van der Waals surface area contributed by atoms with E-state index in [4.69, 9.17) is 0 Å². The SMILES string of the molecule is O=C(C1CCCC(C(F)(F)F)C1)N1CCCCCC1. The Bertz CT molecular complexity index is 308. The number of amides is 1. The lowest BCUT2D eigenvalue weighted by Gasteiger charge is -2.33. The molecule has 19 heavy (non-hydrogen) atoms. The van der Waals surface area contributed by atoms with E-state index in [1.54, 1.807) is 4.90 Å². The first-order valence-electron chi connectivity index (χ1n) is 7.34. The van der Waals surface area contributed by atoms with Crippen LogP contribution in [0.25, 0.3) is 0 Å². The third-order valence-electron chi connectivity index (χ3n) is 4.40. The highest BCUT2D eigenvalue weighted by molar-refractivity contribution is 5.79. The lowest BCUT2D eigenvalue weighted by atomic mass is 9.80. The molecule has 2 nitrogen and oxygen atoms in total. The summed E-state index contributed by atoms with van der Waals surface area (Å²) in [7, 11) is 0. The molecular formula is C14H22F3NO. The summed E-state index contributed by atoms with van der Waals surface area (Å²) in [5.74, 6) is -1.71. The highest BCUT2D eigenvalue weighted by atomic mass is 19.4. The predicted molar refractivity (Wildman–Crippen MR) is 66.6 cm³/mol. The van der Waals surface area contributed by atoms with Gasteiger partial charge in [-0.1, -0.05) is 19.3 Å². The van der Waals surface area contributed by atoms with Crippen LogP contribution < -0.4 is 0 Å². The Morgan fingerprint density at radius 3 is 2.16 bits per heavy atom. The van der Waals surface area contributed by atoms with Gasteiger partial charge in [-0.05, 0) is 32.1 Å². The van der Waals surface area contributed by atoms with Crippen LogP contribution in [0.1, 0.15) is 51.4 Å². The average Bonchev–Trinajstić information content (AvgIpc) is 2.66. The van der Waals surface area contributed by atoms with Crippen molar-refractivity contribution in [1.29, 1.82) is 0 Å². The van der Waals surface area contributed by atoms with E-state index in [2.05, 4.69) is 0 Å². The van der Waals surface area contributed by atoms with Crippen LogP contribution in [0.5, 0.6) is 0 Å². The Hall–Kier alpha value is -0.740. The van der Waals surface area contributed by atoms with Gasteiger partial charge in [0.2, 0.25) is 5.91 Å². The molecule has 0 aromatic carbocycles. The second-order valence-electron chi connectivity index (χ2n) is 5.84. The first-order valence-corrected chi connectivity index (χ1v) is 7.34. The molecule has 1 aliphatic carbocycles. The largest absolute Gasteiger partial charge is 0.391 e. The van der Waals surface area contributed by atoms with E-state index in [-0.39, 0.29) is 18.7 Å². The summed E-state index contributed by atoms with van der Waals surface area (Å²) < 4.78 is 38.3. The first-order chi connectivity index (χ1) is 8.98. The van der Waals surface area contributed by atoms with Gasteiger partial charge < -0.3 is 4.90 Å². The predicted octanol–water partition coefficient (Wildman–Crippen LogP) is 3.76. The first kappa shape index (κ1) is 14.7. The quantitative estimate of drug-likeness (QED) is 0.714. The van der Waals surface area contributed by atoms with Crippen LogP contribution in [0.15, 0.2) is 0 Å². The van der Waals surface area contributed by atoms with Crippen LogP contribution >= 0.6 is 0 Å². The highest BCUT2D eigenvalue weighted by Crippen LogP contribution is 2.40. The maximum Gasteiger partial charge on any atom is 0.391 e. The van der Waals surface area contributed by atoms with Gasteiger partial charge in [0.15, 0.2) is 0 Å². The van der Waals surface area contributed by atoms with E-state index < -0.39 is 18.0 Å². The molecule has 2 unspecified atom stereocenters. The number of likely N-dealkylation sites (tertiary alicyclic amines) is 1. The molecule has 0 radical (unpaired) electrons. The Morgan fingerprint density at radius 2 is 1.58 bits per heavy atom. The van der Waals surface area contributed by atoms with E-state index >= 15 is 0 Å². The van der Waals surface area contributed by atoms with Crippen molar-refractivity contribution < 1.29 is 18.0 Å². The number of halogens is 3. The van der Waals surface area contributed by atoms with E-state index in [1.807, 2.05) is 0 Å². The second-order valence-corrected chi connectivity index (χ2v) is 5.84. The smallest absolute Gasteiger partial charge is 0.342 e. The van der Waals surface area contributed by atoms with Crippen molar-refractivity contribution >= 4 is 5.91 Å². The fourth-order valence-electron chi connectivity index (χ4n) is 3.26. The fourth-order valence-corrected chi connectivity index (χ4v) is 3.26. The lowest BCUT2D eigenvalue weighted by Crippen LogP contribution is -2.40. The number of hydrogen-bond donors (Lipinski definition) is 0. The van der Waals surface area contributed by atoms with Crippen LogP contribution in [0.2, 0.25) is 0 Å². The zero-order valence-electron chi connectivity index (χ0n) is 11.2. The van der Waals surface area contributed by atoms with Crippen LogP contribution in [-0.4, -0.2) is 30.1 Å². The maximum atomic E-state index is 12.8. The molecule has 1 heterocycles. The van der Waals surface area contributed by atoms with E-state index in [0.29, 0.717) is 12.8 Å². The molecule has 110 valence electrons. The van der Waals surface area contributed by atoms with Crippen LogP contribution in [0.4, 0.5) is 13.2 Å². The van der Waals surface area contributed by atoms with Crippen molar-refractivity contribution in [3.05, 3.63) is 0 Å². The normalized spacial score (nSPS) is 29.9. The Balaban J connectivity index is 1.94. The highest BCUT2D eigenvalue weighted by Gasteiger charge is 2.44. The van der Waals surface area contributed by atoms with Gasteiger partial charge >= 0.3 is 6.18 Å². The van der Waals surface area contributed by atoms with Crippen LogP contribution in [0.3, 0.4) is 0 Å². The molecule has 0 aromatic rings. The van der Waals surface area contributed by atoms with Gasteiger partial charge in [0.05, 0.1) is 5.92 Å². The van der Waals surface area contributed by atoms with Crippen molar-refractivity contribution in [3.8, 4) is 0 Å². The summed E-state index contributed by atoms with van der Waals surface area (Å²) in [5.41, 5.74) is 0.